The number of rotatable bonds is 8. The molecule has 3 aromatic carbocycles. The number of hydrogen-bond donors (Lipinski definition) is 1. The number of nitrogens with one attached hydrogen (secondary N) is 1. The summed E-state index contributed by atoms with van der Waals surface area (Å²) in [5.41, 5.74) is 3.02. The molecule has 38 heavy (non-hydrogen) atoms. The highest BCUT2D eigenvalue weighted by atomic mass is 35.5. The van der Waals surface area contributed by atoms with Crippen molar-refractivity contribution in [3.8, 4) is 0 Å². The third-order valence-corrected chi connectivity index (χ3v) is 8.35. The van der Waals surface area contributed by atoms with E-state index in [1.165, 1.54) is 6.07 Å². The molecule has 4 aromatic rings. The normalized spacial score (nSPS) is 17.9. The molecule has 0 aliphatic heterocycles. The number of anilines is 1. The van der Waals surface area contributed by atoms with Gasteiger partial charge in [-0.05, 0) is 71.1 Å². The van der Waals surface area contributed by atoms with Crippen molar-refractivity contribution in [2.45, 2.75) is 23.2 Å². The molecule has 1 aliphatic carbocycles. The maximum atomic E-state index is 13.1. The van der Waals surface area contributed by atoms with Gasteiger partial charge in [0, 0.05) is 45.3 Å². The van der Waals surface area contributed by atoms with Crippen LogP contribution < -0.4 is 5.32 Å². The second-order valence-corrected chi connectivity index (χ2v) is 11.9. The van der Waals surface area contributed by atoms with Gasteiger partial charge >= 0.3 is 0 Å². The maximum Gasteiger partial charge on any atom is 0.231 e. The van der Waals surface area contributed by atoms with Crippen LogP contribution in [0.5, 0.6) is 0 Å². The van der Waals surface area contributed by atoms with Gasteiger partial charge < -0.3 is 9.88 Å². The van der Waals surface area contributed by atoms with Crippen molar-refractivity contribution in [1.82, 2.24) is 4.57 Å². The van der Waals surface area contributed by atoms with E-state index in [0.29, 0.717) is 21.3 Å². The molecule has 2 atom stereocenters. The summed E-state index contributed by atoms with van der Waals surface area (Å²) in [6.07, 6.45) is 1.93. The Hall–Kier alpha value is -2.28. The number of fused-ring (bicyclic) bond motifs is 1. The molecule has 5 rings (SSSR count). The van der Waals surface area contributed by atoms with Gasteiger partial charge in [-0.3, -0.25) is 9.59 Å². The van der Waals surface area contributed by atoms with E-state index < -0.39 is 28.8 Å². The highest BCUT2D eigenvalue weighted by molar-refractivity contribution is 6.53. The first-order valence-corrected chi connectivity index (χ1v) is 13.6. The van der Waals surface area contributed by atoms with Crippen LogP contribution in [0.4, 0.5) is 10.1 Å². The second kappa shape index (κ2) is 10.7. The number of carbonyl (C=O) groups is 2. The van der Waals surface area contributed by atoms with Crippen LogP contribution in [0, 0.1) is 5.92 Å². The lowest BCUT2D eigenvalue weighted by atomic mass is 10.0. The van der Waals surface area contributed by atoms with Crippen molar-refractivity contribution in [3.63, 3.8) is 0 Å². The molecule has 2 unspecified atom stereocenters. The first-order chi connectivity index (χ1) is 18.1. The van der Waals surface area contributed by atoms with Gasteiger partial charge in [-0.15, -0.1) is 23.2 Å². The van der Waals surface area contributed by atoms with Gasteiger partial charge in [0.1, 0.15) is 11.0 Å². The molecule has 4 nitrogen and oxygen atoms in total. The van der Waals surface area contributed by atoms with Crippen LogP contribution >= 0.6 is 58.0 Å². The van der Waals surface area contributed by atoms with Crippen molar-refractivity contribution in [1.29, 1.82) is 0 Å². The zero-order chi connectivity index (χ0) is 27.2. The largest absolute Gasteiger partial charge is 0.345 e. The van der Waals surface area contributed by atoms with E-state index in [-0.39, 0.29) is 29.3 Å². The molecule has 0 saturated heterocycles. The van der Waals surface area contributed by atoms with Crippen molar-refractivity contribution < 1.29 is 14.0 Å². The first-order valence-electron chi connectivity index (χ1n) is 11.7. The Morgan fingerprint density at radius 2 is 1.68 bits per heavy atom. The Kier molecular flexibility index (Phi) is 7.69. The fourth-order valence-electron chi connectivity index (χ4n) is 4.79. The van der Waals surface area contributed by atoms with Crippen molar-refractivity contribution in [2.24, 2.45) is 5.92 Å². The average Bonchev–Trinajstić information content (AvgIpc) is 3.22. The summed E-state index contributed by atoms with van der Waals surface area (Å²) in [7, 11) is 0. The van der Waals surface area contributed by atoms with E-state index in [1.54, 1.807) is 30.3 Å². The van der Waals surface area contributed by atoms with Crippen LogP contribution in [0.1, 0.15) is 27.4 Å². The number of halogens is 6. The van der Waals surface area contributed by atoms with Gasteiger partial charge in [-0.25, -0.2) is 4.39 Å². The molecule has 1 fully saturated rings. The molecule has 1 saturated carbocycles. The first kappa shape index (κ1) is 27.3. The summed E-state index contributed by atoms with van der Waals surface area (Å²) in [6.45, 7) is -0.179. The van der Waals surface area contributed by atoms with Crippen LogP contribution in [0.3, 0.4) is 0 Å². The molecule has 1 aliphatic rings. The number of alkyl halides is 3. The molecule has 1 heterocycles. The van der Waals surface area contributed by atoms with Gasteiger partial charge in [0.15, 0.2) is 5.78 Å². The minimum atomic E-state index is -1.33. The summed E-state index contributed by atoms with van der Waals surface area (Å²) >= 11 is 31.5. The topological polar surface area (TPSA) is 51.1 Å². The summed E-state index contributed by atoms with van der Waals surface area (Å²) in [4.78, 5) is 26.2. The van der Waals surface area contributed by atoms with Gasteiger partial charge in [0.25, 0.3) is 0 Å². The number of carbonyl (C=O) groups excluding carboxylic acids is 2. The zero-order valence-electron chi connectivity index (χ0n) is 19.7. The van der Waals surface area contributed by atoms with E-state index >= 15 is 0 Å². The standard InChI is InChI=1S/C28H20Cl5FN2O2/c29-18-11-17(12-19(30)13-18)25-26(28(25,32)33)27(38)35-20-2-3-22(31)21(14-20)24(37)10-15-1-4-23-16(9-15)5-7-36(23)8-6-34/h1-5,7,9,11-14,25-26H,6,8,10H2,(H,35,38). The van der Waals surface area contributed by atoms with Gasteiger partial charge in [0.2, 0.25) is 5.91 Å². The molecule has 1 aromatic heterocycles. The second-order valence-electron chi connectivity index (χ2n) is 9.21. The van der Waals surface area contributed by atoms with Gasteiger partial charge in [-0.2, -0.15) is 0 Å². The summed E-state index contributed by atoms with van der Waals surface area (Å²) in [5, 5.41) is 4.82. The summed E-state index contributed by atoms with van der Waals surface area (Å²) in [6, 6.07) is 17.1. The Morgan fingerprint density at radius 1 is 0.947 bits per heavy atom. The summed E-state index contributed by atoms with van der Waals surface area (Å²) in [5.74, 6) is -1.85. The lowest BCUT2D eigenvalue weighted by Gasteiger charge is -2.10. The Labute approximate surface area is 243 Å². The number of amides is 1. The zero-order valence-corrected chi connectivity index (χ0v) is 23.4. The van der Waals surface area contributed by atoms with Crippen LogP contribution in [-0.4, -0.2) is 27.3 Å². The predicted molar refractivity (Wildman–Crippen MR) is 153 cm³/mol. The van der Waals surface area contributed by atoms with E-state index in [4.69, 9.17) is 58.0 Å². The number of Topliss-reactive ketones (excluding diaryl/α,β-unsaturated/α-hetero) is 1. The molecule has 196 valence electrons. The number of hydrogen-bond acceptors (Lipinski definition) is 2. The minimum Gasteiger partial charge on any atom is -0.345 e. The Morgan fingerprint density at radius 3 is 2.39 bits per heavy atom. The van der Waals surface area contributed by atoms with Gasteiger partial charge in [-0.1, -0.05) is 40.9 Å². The lowest BCUT2D eigenvalue weighted by molar-refractivity contribution is -0.117. The predicted octanol–water partition coefficient (Wildman–Crippen LogP) is 8.52. The van der Waals surface area contributed by atoms with Crippen molar-refractivity contribution in [2.75, 3.05) is 12.0 Å². The van der Waals surface area contributed by atoms with Crippen LogP contribution in [-0.2, 0) is 17.8 Å². The Bertz CT molecular complexity index is 1550. The third kappa shape index (κ3) is 5.41. The molecule has 0 spiro atoms. The number of aryl methyl sites for hydroxylation is 1. The van der Waals surface area contributed by atoms with E-state index in [0.717, 1.165) is 16.5 Å². The number of ketones is 1. The van der Waals surface area contributed by atoms with E-state index in [9.17, 15) is 14.0 Å². The average molecular weight is 613 g/mol. The smallest absolute Gasteiger partial charge is 0.231 e. The fraction of sp³-hybridized carbons (Fsp3) is 0.214. The molecular weight excluding hydrogens is 593 g/mol. The molecular formula is C28H20Cl5FN2O2. The van der Waals surface area contributed by atoms with Crippen LogP contribution in [0.25, 0.3) is 10.9 Å². The molecule has 1 amide bonds. The van der Waals surface area contributed by atoms with E-state index in [1.807, 2.05) is 35.0 Å². The fourth-order valence-corrected chi connectivity index (χ4v) is 6.38. The quantitative estimate of drug-likeness (QED) is 0.160. The van der Waals surface area contributed by atoms with Crippen LogP contribution in [0.15, 0.2) is 66.9 Å². The molecule has 0 radical (unpaired) electrons. The highest BCUT2D eigenvalue weighted by Gasteiger charge is 2.67. The maximum absolute atomic E-state index is 13.1. The molecule has 10 heteroatoms. The SMILES string of the molecule is O=C(Cc1ccc2c(ccn2CCF)c1)c1cc(NC(=O)C2C(c3cc(Cl)cc(Cl)c3)C2(Cl)Cl)ccc1Cl. The van der Waals surface area contributed by atoms with Crippen LogP contribution in [0.2, 0.25) is 15.1 Å². The third-order valence-electron chi connectivity index (χ3n) is 6.64. The molecule has 0 bridgehead atoms. The van der Waals surface area contributed by atoms with E-state index in [2.05, 4.69) is 5.32 Å². The highest BCUT2D eigenvalue weighted by Crippen LogP contribution is 2.65. The number of nitrogens with zero attached hydrogens (tertiary/aromatic N) is 1. The Balaban J connectivity index is 1.31. The molecule has 1 N–H and O–H groups in total. The van der Waals surface area contributed by atoms with Crippen molar-refractivity contribution >= 4 is 86.3 Å². The lowest BCUT2D eigenvalue weighted by Crippen LogP contribution is -2.17. The monoisotopic (exact) mass is 610 g/mol. The minimum absolute atomic E-state index is 0.105. The summed E-state index contributed by atoms with van der Waals surface area (Å²) < 4.78 is 13.3. The van der Waals surface area contributed by atoms with Gasteiger partial charge in [0.05, 0.1) is 17.5 Å². The van der Waals surface area contributed by atoms with Crippen molar-refractivity contribution in [3.05, 3.63) is 98.6 Å². The number of aromatic nitrogens is 1. The number of benzene rings is 3.